The van der Waals surface area contributed by atoms with Gasteiger partial charge in [-0.15, -0.1) is 0 Å². The molecule has 7 nitrogen and oxygen atoms in total. The summed E-state index contributed by atoms with van der Waals surface area (Å²) in [6, 6.07) is 20.2. The second-order valence-electron chi connectivity index (χ2n) is 8.43. The van der Waals surface area contributed by atoms with E-state index in [-0.39, 0.29) is 24.7 Å². The molecule has 0 fully saturated rings. The van der Waals surface area contributed by atoms with Crippen molar-refractivity contribution in [3.05, 3.63) is 105 Å². The van der Waals surface area contributed by atoms with Crippen molar-refractivity contribution in [2.75, 3.05) is 7.11 Å². The van der Waals surface area contributed by atoms with E-state index in [4.69, 9.17) is 32.5 Å². The fourth-order valence-corrected chi connectivity index (χ4v) is 4.49. The van der Waals surface area contributed by atoms with Crippen LogP contribution in [0.25, 0.3) is 22.4 Å². The summed E-state index contributed by atoms with van der Waals surface area (Å²) in [7, 11) is 1.59. The minimum Gasteiger partial charge on any atom is -0.496 e. The first-order valence-electron chi connectivity index (χ1n) is 11.5. The molecule has 9 heteroatoms. The highest BCUT2D eigenvalue weighted by Crippen LogP contribution is 2.33. The molecular formula is C28H22Cl2N4O3. The van der Waals surface area contributed by atoms with Gasteiger partial charge in [0.25, 0.3) is 11.6 Å². The maximum atomic E-state index is 14.2. The number of ether oxygens (including phenoxy) is 1. The van der Waals surface area contributed by atoms with E-state index >= 15 is 0 Å². The number of fused-ring (bicyclic) bond motifs is 1. The van der Waals surface area contributed by atoms with Crippen LogP contribution in [0.5, 0.6) is 5.75 Å². The average Bonchev–Trinajstić information content (AvgIpc) is 3.30. The molecule has 0 spiro atoms. The number of methoxy groups -OCH3 is 1. The van der Waals surface area contributed by atoms with Crippen LogP contribution in [0, 0.1) is 6.92 Å². The van der Waals surface area contributed by atoms with Crippen LogP contribution < -0.4 is 4.74 Å². The van der Waals surface area contributed by atoms with E-state index in [1.807, 2.05) is 48.5 Å². The lowest BCUT2D eigenvalue weighted by molar-refractivity contribution is 0.0729. The molecule has 0 saturated carbocycles. The van der Waals surface area contributed by atoms with Crippen LogP contribution in [0.2, 0.25) is 10.0 Å². The number of aromatic nitrogens is 3. The Morgan fingerprint density at radius 1 is 1.00 bits per heavy atom. The van der Waals surface area contributed by atoms with Gasteiger partial charge in [-0.05, 0) is 55.0 Å². The fourth-order valence-electron chi connectivity index (χ4n) is 4.17. The van der Waals surface area contributed by atoms with Gasteiger partial charge in [0, 0.05) is 18.3 Å². The lowest BCUT2D eigenvalue weighted by Crippen LogP contribution is -2.30. The van der Waals surface area contributed by atoms with Crippen LogP contribution >= 0.6 is 23.2 Å². The lowest BCUT2D eigenvalue weighted by Gasteiger charge is -2.23. The number of carbonyl (C=O) groups excluding carboxylic acids is 1. The molecule has 0 aliphatic carbocycles. The number of aryl methyl sites for hydroxylation is 1. The van der Waals surface area contributed by atoms with Gasteiger partial charge in [0.15, 0.2) is 0 Å². The van der Waals surface area contributed by atoms with Gasteiger partial charge in [0.1, 0.15) is 5.75 Å². The molecule has 37 heavy (non-hydrogen) atoms. The molecule has 0 bridgehead atoms. The van der Waals surface area contributed by atoms with E-state index in [9.17, 15) is 4.79 Å². The Morgan fingerprint density at radius 3 is 2.57 bits per heavy atom. The van der Waals surface area contributed by atoms with Gasteiger partial charge in [-0.1, -0.05) is 52.6 Å². The Kier molecular flexibility index (Phi) is 7.08. The SMILES string of the molecule is COc1ccccc1-c1cc(C(=O)N(Cc2ccc(Cl)c(Cl)c2)Cc2ccccn2)c2c(C)noc2n1. The number of hydrogen-bond acceptors (Lipinski definition) is 6. The van der Waals surface area contributed by atoms with Crippen LogP contribution in [0.3, 0.4) is 0 Å². The minimum absolute atomic E-state index is 0.230. The number of pyridine rings is 2. The molecule has 5 rings (SSSR count). The third-order valence-corrected chi connectivity index (χ3v) is 6.69. The number of hydrogen-bond donors (Lipinski definition) is 0. The van der Waals surface area contributed by atoms with Gasteiger partial charge in [-0.2, -0.15) is 0 Å². The summed E-state index contributed by atoms with van der Waals surface area (Å²) in [5.74, 6) is 0.400. The van der Waals surface area contributed by atoms with Crippen molar-refractivity contribution >= 4 is 40.2 Å². The maximum absolute atomic E-state index is 14.2. The Balaban J connectivity index is 1.62. The molecule has 1 amide bonds. The Bertz CT molecular complexity index is 1590. The van der Waals surface area contributed by atoms with Crippen molar-refractivity contribution in [1.29, 1.82) is 0 Å². The van der Waals surface area contributed by atoms with Crippen LogP contribution in [-0.4, -0.2) is 33.0 Å². The van der Waals surface area contributed by atoms with Crippen molar-refractivity contribution in [1.82, 2.24) is 20.0 Å². The zero-order valence-corrected chi connectivity index (χ0v) is 21.6. The highest BCUT2D eigenvalue weighted by molar-refractivity contribution is 6.42. The Morgan fingerprint density at radius 2 is 1.81 bits per heavy atom. The van der Waals surface area contributed by atoms with E-state index in [1.54, 1.807) is 43.3 Å². The Labute approximate surface area is 223 Å². The number of nitrogens with zero attached hydrogens (tertiary/aromatic N) is 4. The summed E-state index contributed by atoms with van der Waals surface area (Å²) >= 11 is 12.4. The molecule has 2 aromatic carbocycles. The van der Waals surface area contributed by atoms with Gasteiger partial charge in [0.2, 0.25) is 0 Å². The standard InChI is InChI=1S/C28H22Cl2N4O3/c1-17-26-21(14-24(32-27(26)37-33-17)20-8-3-4-9-25(20)36-2)28(35)34(16-19-7-5-6-12-31-19)15-18-10-11-22(29)23(30)13-18/h3-14H,15-16H2,1-2H3. The molecule has 0 saturated heterocycles. The molecule has 0 unspecified atom stereocenters. The molecule has 0 radical (unpaired) electrons. The van der Waals surface area contributed by atoms with Crippen molar-refractivity contribution in [3.8, 4) is 17.0 Å². The summed E-state index contributed by atoms with van der Waals surface area (Å²) in [5.41, 5.74) is 4.11. The van der Waals surface area contributed by atoms with Crippen LogP contribution in [0.15, 0.2) is 77.4 Å². The monoisotopic (exact) mass is 532 g/mol. The third-order valence-electron chi connectivity index (χ3n) is 5.95. The number of benzene rings is 2. The van der Waals surface area contributed by atoms with Gasteiger partial charge < -0.3 is 14.2 Å². The van der Waals surface area contributed by atoms with Crippen molar-refractivity contribution in [2.24, 2.45) is 0 Å². The molecule has 0 N–H and O–H groups in total. The fraction of sp³-hybridized carbons (Fsp3) is 0.143. The van der Waals surface area contributed by atoms with E-state index in [0.717, 1.165) is 16.8 Å². The number of halogens is 2. The van der Waals surface area contributed by atoms with E-state index < -0.39 is 0 Å². The first kappa shape index (κ1) is 24.7. The topological polar surface area (TPSA) is 81.4 Å². The largest absolute Gasteiger partial charge is 0.496 e. The highest BCUT2D eigenvalue weighted by atomic mass is 35.5. The number of amides is 1. The normalized spacial score (nSPS) is 11.0. The molecule has 5 aromatic rings. The minimum atomic E-state index is -0.230. The zero-order chi connectivity index (χ0) is 25.9. The number of para-hydroxylation sites is 1. The highest BCUT2D eigenvalue weighted by Gasteiger charge is 2.25. The Hall–Kier alpha value is -3.94. The second kappa shape index (κ2) is 10.6. The molecule has 0 aliphatic heterocycles. The van der Waals surface area contributed by atoms with Gasteiger partial charge in [-0.25, -0.2) is 4.98 Å². The van der Waals surface area contributed by atoms with E-state index in [1.165, 1.54) is 0 Å². The summed E-state index contributed by atoms with van der Waals surface area (Å²) in [5, 5.41) is 5.51. The van der Waals surface area contributed by atoms with E-state index in [0.29, 0.717) is 38.1 Å². The summed E-state index contributed by atoms with van der Waals surface area (Å²) < 4.78 is 11.0. The smallest absolute Gasteiger partial charge is 0.259 e. The molecular weight excluding hydrogens is 511 g/mol. The zero-order valence-electron chi connectivity index (χ0n) is 20.1. The summed E-state index contributed by atoms with van der Waals surface area (Å²) in [4.78, 5) is 25.0. The molecule has 186 valence electrons. The van der Waals surface area contributed by atoms with Crippen molar-refractivity contribution in [2.45, 2.75) is 20.0 Å². The van der Waals surface area contributed by atoms with Gasteiger partial charge >= 0.3 is 0 Å². The quantitative estimate of drug-likeness (QED) is 0.230. The van der Waals surface area contributed by atoms with Crippen LogP contribution in [0.1, 0.15) is 27.3 Å². The number of rotatable bonds is 7. The van der Waals surface area contributed by atoms with Gasteiger partial charge in [-0.3, -0.25) is 9.78 Å². The molecule has 0 atom stereocenters. The molecule has 0 aliphatic rings. The maximum Gasteiger partial charge on any atom is 0.259 e. The first-order chi connectivity index (χ1) is 17.9. The third kappa shape index (κ3) is 5.14. The van der Waals surface area contributed by atoms with Crippen LogP contribution in [0.4, 0.5) is 0 Å². The molecule has 3 aromatic heterocycles. The summed E-state index contributed by atoms with van der Waals surface area (Å²) in [6.45, 7) is 2.34. The first-order valence-corrected chi connectivity index (χ1v) is 12.2. The van der Waals surface area contributed by atoms with Gasteiger partial charge in [0.05, 0.1) is 51.7 Å². The predicted octanol–water partition coefficient (Wildman–Crippen LogP) is 6.75. The van der Waals surface area contributed by atoms with E-state index in [2.05, 4.69) is 15.1 Å². The number of carbonyl (C=O) groups is 1. The molecule has 3 heterocycles. The predicted molar refractivity (Wildman–Crippen MR) is 143 cm³/mol. The second-order valence-corrected chi connectivity index (χ2v) is 9.25. The lowest BCUT2D eigenvalue weighted by atomic mass is 10.0. The van der Waals surface area contributed by atoms with Crippen LogP contribution in [-0.2, 0) is 13.1 Å². The van der Waals surface area contributed by atoms with Crippen molar-refractivity contribution < 1.29 is 14.1 Å². The average molecular weight is 533 g/mol. The van der Waals surface area contributed by atoms with Crippen molar-refractivity contribution in [3.63, 3.8) is 0 Å². The summed E-state index contributed by atoms with van der Waals surface area (Å²) in [6.07, 6.45) is 1.70.